The summed E-state index contributed by atoms with van der Waals surface area (Å²) >= 11 is 0. The molecule has 0 radical (unpaired) electrons. The maximum atomic E-state index is 14.0. The lowest BCUT2D eigenvalue weighted by Gasteiger charge is -2.52. The fourth-order valence-corrected chi connectivity index (χ4v) is 5.34. The lowest BCUT2D eigenvalue weighted by atomic mass is 9.69. The fourth-order valence-electron chi connectivity index (χ4n) is 5.34. The molecule has 1 N–H and O–H groups in total. The molecule has 3 fully saturated rings. The van der Waals surface area contributed by atoms with Gasteiger partial charge < -0.3 is 10.0 Å². The van der Waals surface area contributed by atoms with Crippen molar-refractivity contribution in [3.05, 3.63) is 35.1 Å². The summed E-state index contributed by atoms with van der Waals surface area (Å²) in [6.45, 7) is 7.69. The molecule has 3 nitrogen and oxygen atoms in total. The van der Waals surface area contributed by atoms with E-state index in [2.05, 4.69) is 19.9 Å². The molecule has 1 amide bonds. The molecule has 1 atom stereocenters. The molecule has 0 aromatic heterocycles. The minimum absolute atomic E-state index is 0.0105. The minimum Gasteiger partial charge on any atom is -0.390 e. The third-order valence-electron chi connectivity index (χ3n) is 6.87. The van der Waals surface area contributed by atoms with Gasteiger partial charge in [0.1, 0.15) is 5.82 Å². The molecule has 1 heterocycles. The van der Waals surface area contributed by atoms with E-state index in [1.54, 1.807) is 19.1 Å². The topological polar surface area (TPSA) is 40.5 Å². The first-order chi connectivity index (χ1) is 12.2. The van der Waals surface area contributed by atoms with Crippen LogP contribution in [0.25, 0.3) is 0 Å². The summed E-state index contributed by atoms with van der Waals surface area (Å²) in [6, 6.07) is 5.53. The van der Waals surface area contributed by atoms with E-state index in [0.29, 0.717) is 24.7 Å². The molecule has 4 heteroatoms. The number of benzene rings is 1. The molecule has 1 aliphatic heterocycles. The first-order valence-corrected chi connectivity index (χ1v) is 9.98. The van der Waals surface area contributed by atoms with E-state index >= 15 is 0 Å². The van der Waals surface area contributed by atoms with E-state index < -0.39 is 5.60 Å². The van der Waals surface area contributed by atoms with Gasteiger partial charge in [0.15, 0.2) is 0 Å². The van der Waals surface area contributed by atoms with Gasteiger partial charge in [0.25, 0.3) is 0 Å². The van der Waals surface area contributed by atoms with Crippen molar-refractivity contribution in [2.24, 2.45) is 11.3 Å². The van der Waals surface area contributed by atoms with Crippen LogP contribution in [0.3, 0.4) is 0 Å². The van der Waals surface area contributed by atoms with Crippen LogP contribution in [0.4, 0.5) is 4.39 Å². The predicted octanol–water partition coefficient (Wildman–Crippen LogP) is 4.21. The lowest BCUT2D eigenvalue weighted by molar-refractivity contribution is -0.161. The summed E-state index contributed by atoms with van der Waals surface area (Å²) in [6.07, 6.45) is 4.46. The Hall–Kier alpha value is -1.42. The van der Waals surface area contributed by atoms with E-state index in [1.165, 1.54) is 0 Å². The molecule has 0 bridgehead atoms. The molecule has 142 valence electrons. The summed E-state index contributed by atoms with van der Waals surface area (Å²) in [5.41, 5.74) is 1.79. The number of carbonyl (C=O) groups excluding carboxylic acids is 1. The van der Waals surface area contributed by atoms with Crippen molar-refractivity contribution < 1.29 is 14.3 Å². The van der Waals surface area contributed by atoms with E-state index in [9.17, 15) is 14.3 Å². The van der Waals surface area contributed by atoms with Gasteiger partial charge >= 0.3 is 0 Å². The molecule has 1 saturated heterocycles. The van der Waals surface area contributed by atoms with Crippen LogP contribution in [-0.4, -0.2) is 34.6 Å². The van der Waals surface area contributed by atoms with Crippen LogP contribution in [0.2, 0.25) is 0 Å². The standard InChI is InChI=1S/C22H30FNO2/c1-14(2)16-6-17(8-19(23)7-16)15-4-5-22(11-15)12-24(13-22)20(25)18-9-21(3,26)10-18/h6-8,14-15,18,26H,4-5,9-13H2,1-3H3/t15-,18?,21?/m1/s1. The van der Waals surface area contributed by atoms with Crippen molar-refractivity contribution in [1.82, 2.24) is 4.90 Å². The zero-order valence-electron chi connectivity index (χ0n) is 16.1. The summed E-state index contributed by atoms with van der Waals surface area (Å²) in [7, 11) is 0. The molecule has 3 aliphatic rings. The summed E-state index contributed by atoms with van der Waals surface area (Å²) < 4.78 is 14.0. The molecular weight excluding hydrogens is 329 g/mol. The molecule has 2 aliphatic carbocycles. The number of likely N-dealkylation sites (tertiary alicyclic amines) is 1. The van der Waals surface area contributed by atoms with Crippen molar-refractivity contribution in [2.45, 2.75) is 70.3 Å². The van der Waals surface area contributed by atoms with Crippen LogP contribution < -0.4 is 0 Å². The Morgan fingerprint density at radius 1 is 1.23 bits per heavy atom. The van der Waals surface area contributed by atoms with Crippen LogP contribution in [0, 0.1) is 17.2 Å². The summed E-state index contributed by atoms with van der Waals surface area (Å²) in [5, 5.41) is 9.85. The average molecular weight is 359 g/mol. The zero-order valence-corrected chi connectivity index (χ0v) is 16.1. The first-order valence-electron chi connectivity index (χ1n) is 9.98. The van der Waals surface area contributed by atoms with Crippen molar-refractivity contribution in [1.29, 1.82) is 0 Å². The number of halogens is 1. The Balaban J connectivity index is 1.37. The van der Waals surface area contributed by atoms with Crippen molar-refractivity contribution in [2.75, 3.05) is 13.1 Å². The number of carbonyl (C=O) groups is 1. The highest BCUT2D eigenvalue weighted by Gasteiger charge is 2.53. The van der Waals surface area contributed by atoms with Crippen molar-refractivity contribution in [3.8, 4) is 0 Å². The maximum Gasteiger partial charge on any atom is 0.225 e. The molecule has 0 unspecified atom stereocenters. The Morgan fingerprint density at radius 3 is 2.54 bits per heavy atom. The highest BCUT2D eigenvalue weighted by Crippen LogP contribution is 2.53. The second-order valence-corrected chi connectivity index (χ2v) is 9.71. The third-order valence-corrected chi connectivity index (χ3v) is 6.87. The molecule has 1 spiro atoms. The van der Waals surface area contributed by atoms with Gasteiger partial charge in [0, 0.05) is 24.4 Å². The number of amides is 1. The van der Waals surface area contributed by atoms with Gasteiger partial charge in [-0.1, -0.05) is 19.9 Å². The average Bonchev–Trinajstić information content (AvgIpc) is 2.95. The largest absolute Gasteiger partial charge is 0.390 e. The quantitative estimate of drug-likeness (QED) is 0.878. The molecule has 1 aromatic carbocycles. The van der Waals surface area contributed by atoms with Gasteiger partial charge in [-0.15, -0.1) is 0 Å². The van der Waals surface area contributed by atoms with Gasteiger partial charge in [0.2, 0.25) is 5.91 Å². The van der Waals surface area contributed by atoms with E-state index in [1.807, 2.05) is 4.90 Å². The Bertz CT molecular complexity index is 713. The second-order valence-electron chi connectivity index (χ2n) is 9.71. The van der Waals surface area contributed by atoms with Crippen molar-refractivity contribution >= 4 is 5.91 Å². The number of rotatable bonds is 3. The van der Waals surface area contributed by atoms with Crippen LogP contribution in [0.5, 0.6) is 0 Å². The number of aliphatic hydroxyl groups is 1. The highest BCUT2D eigenvalue weighted by molar-refractivity contribution is 5.81. The smallest absolute Gasteiger partial charge is 0.225 e. The molecule has 4 rings (SSSR count). The van der Waals surface area contributed by atoms with Crippen LogP contribution in [-0.2, 0) is 4.79 Å². The van der Waals surface area contributed by atoms with Crippen LogP contribution >= 0.6 is 0 Å². The normalized spacial score (nSPS) is 32.6. The number of hydrogen-bond donors (Lipinski definition) is 1. The second kappa shape index (κ2) is 6.05. The van der Waals surface area contributed by atoms with Gasteiger partial charge in [-0.3, -0.25) is 4.79 Å². The third kappa shape index (κ3) is 3.17. The Kier molecular flexibility index (Phi) is 4.18. The van der Waals surface area contributed by atoms with Gasteiger partial charge in [0.05, 0.1) is 5.60 Å². The first kappa shape index (κ1) is 18.0. The lowest BCUT2D eigenvalue weighted by Crippen LogP contribution is -2.61. The van der Waals surface area contributed by atoms with E-state index in [4.69, 9.17) is 0 Å². The van der Waals surface area contributed by atoms with E-state index in [-0.39, 0.29) is 23.1 Å². The molecule has 1 aromatic rings. The monoisotopic (exact) mass is 359 g/mol. The summed E-state index contributed by atoms with van der Waals surface area (Å²) in [5.74, 6) is 0.839. The highest BCUT2D eigenvalue weighted by atomic mass is 19.1. The predicted molar refractivity (Wildman–Crippen MR) is 99.4 cm³/mol. The SMILES string of the molecule is CC(C)c1cc(F)cc([C@@H]2CCC3(C2)CN(C(=O)C2CC(C)(O)C2)C3)c1. The Labute approximate surface area is 155 Å². The van der Waals surface area contributed by atoms with Gasteiger partial charge in [-0.2, -0.15) is 0 Å². The number of nitrogens with zero attached hydrogens (tertiary/aromatic N) is 1. The fraction of sp³-hybridized carbons (Fsp3) is 0.682. The number of hydrogen-bond acceptors (Lipinski definition) is 2. The van der Waals surface area contributed by atoms with E-state index in [0.717, 1.165) is 43.5 Å². The van der Waals surface area contributed by atoms with Gasteiger partial charge in [-0.25, -0.2) is 4.39 Å². The molecule has 26 heavy (non-hydrogen) atoms. The minimum atomic E-state index is -0.646. The van der Waals surface area contributed by atoms with Crippen LogP contribution in [0.15, 0.2) is 18.2 Å². The Morgan fingerprint density at radius 2 is 1.92 bits per heavy atom. The van der Waals surface area contributed by atoms with Gasteiger partial charge in [-0.05, 0) is 74.1 Å². The molecular formula is C22H30FNO2. The maximum absolute atomic E-state index is 14.0. The molecule has 2 saturated carbocycles. The summed E-state index contributed by atoms with van der Waals surface area (Å²) in [4.78, 5) is 14.5. The zero-order chi connectivity index (χ0) is 18.7. The van der Waals surface area contributed by atoms with Crippen LogP contribution in [0.1, 0.15) is 75.8 Å². The van der Waals surface area contributed by atoms with Crippen molar-refractivity contribution in [3.63, 3.8) is 0 Å².